The number of ether oxygens (including phenoxy) is 1. The lowest BCUT2D eigenvalue weighted by atomic mass is 10.0. The quantitative estimate of drug-likeness (QED) is 0.805. The van der Waals surface area contributed by atoms with E-state index in [-0.39, 0.29) is 10.8 Å². The maximum Gasteiger partial charge on any atom is 0.324 e. The van der Waals surface area contributed by atoms with Crippen LogP contribution in [0.15, 0.2) is 35.2 Å². The molecule has 0 unspecified atom stereocenters. The third-order valence-corrected chi connectivity index (χ3v) is 4.46. The number of carbonyl (C=O) groups excluding carboxylic acids is 1. The minimum atomic E-state index is -3.72. The average molecular weight is 285 g/mol. The second-order valence-electron chi connectivity index (χ2n) is 4.32. The SMILES string of the molecule is CC[C@@H](C)[C@H](NS(=O)(=O)c1ccccc1)C(=O)OC. The maximum atomic E-state index is 12.2. The van der Waals surface area contributed by atoms with Gasteiger partial charge in [0.15, 0.2) is 0 Å². The van der Waals surface area contributed by atoms with Gasteiger partial charge in [-0.15, -0.1) is 0 Å². The molecule has 106 valence electrons. The van der Waals surface area contributed by atoms with Crippen molar-refractivity contribution in [3.8, 4) is 0 Å². The fourth-order valence-corrected chi connectivity index (χ4v) is 2.91. The van der Waals surface area contributed by atoms with Crippen LogP contribution in [0.3, 0.4) is 0 Å². The Hall–Kier alpha value is -1.40. The van der Waals surface area contributed by atoms with Crippen LogP contribution in [0.4, 0.5) is 0 Å². The van der Waals surface area contributed by atoms with Crippen molar-refractivity contribution in [1.29, 1.82) is 0 Å². The first-order valence-electron chi connectivity index (χ1n) is 6.07. The highest BCUT2D eigenvalue weighted by molar-refractivity contribution is 7.89. The van der Waals surface area contributed by atoms with Gasteiger partial charge in [-0.25, -0.2) is 8.42 Å². The first-order chi connectivity index (χ1) is 8.92. The Kier molecular flexibility index (Phi) is 5.50. The fourth-order valence-electron chi connectivity index (χ4n) is 1.59. The maximum absolute atomic E-state index is 12.2. The molecule has 0 aliphatic rings. The number of hydrogen-bond donors (Lipinski definition) is 1. The van der Waals surface area contributed by atoms with E-state index in [0.29, 0.717) is 6.42 Å². The minimum absolute atomic E-state index is 0.132. The van der Waals surface area contributed by atoms with Gasteiger partial charge in [-0.05, 0) is 18.1 Å². The van der Waals surface area contributed by atoms with E-state index in [1.54, 1.807) is 25.1 Å². The lowest BCUT2D eigenvalue weighted by Gasteiger charge is -2.21. The molecular formula is C13H19NO4S. The van der Waals surface area contributed by atoms with E-state index in [2.05, 4.69) is 9.46 Å². The van der Waals surface area contributed by atoms with Crippen molar-refractivity contribution >= 4 is 16.0 Å². The Morgan fingerprint density at radius 3 is 2.37 bits per heavy atom. The van der Waals surface area contributed by atoms with Crippen LogP contribution >= 0.6 is 0 Å². The van der Waals surface area contributed by atoms with Crippen LogP contribution in [0.1, 0.15) is 20.3 Å². The molecule has 1 aromatic rings. The zero-order valence-corrected chi connectivity index (χ0v) is 12.1. The number of esters is 1. The van der Waals surface area contributed by atoms with Crippen molar-refractivity contribution in [3.05, 3.63) is 30.3 Å². The van der Waals surface area contributed by atoms with E-state index in [1.165, 1.54) is 19.2 Å². The largest absolute Gasteiger partial charge is 0.468 e. The molecule has 5 nitrogen and oxygen atoms in total. The third kappa shape index (κ3) is 4.04. The molecule has 0 radical (unpaired) electrons. The van der Waals surface area contributed by atoms with Gasteiger partial charge in [-0.3, -0.25) is 4.79 Å². The Bertz CT molecular complexity index is 513. The lowest BCUT2D eigenvalue weighted by Crippen LogP contribution is -2.45. The molecular weight excluding hydrogens is 266 g/mol. The van der Waals surface area contributed by atoms with Gasteiger partial charge >= 0.3 is 5.97 Å². The number of nitrogens with one attached hydrogen (secondary N) is 1. The number of rotatable bonds is 6. The molecule has 0 saturated carbocycles. The van der Waals surface area contributed by atoms with E-state index in [4.69, 9.17) is 0 Å². The molecule has 0 saturated heterocycles. The summed E-state index contributed by atoms with van der Waals surface area (Å²) in [5.41, 5.74) is 0. The van der Waals surface area contributed by atoms with Crippen molar-refractivity contribution < 1.29 is 17.9 Å². The zero-order valence-electron chi connectivity index (χ0n) is 11.3. The van der Waals surface area contributed by atoms with Crippen LogP contribution in [-0.4, -0.2) is 27.5 Å². The first-order valence-corrected chi connectivity index (χ1v) is 7.56. The van der Waals surface area contributed by atoms with Crippen LogP contribution < -0.4 is 4.72 Å². The summed E-state index contributed by atoms with van der Waals surface area (Å²) in [6.45, 7) is 3.69. The van der Waals surface area contributed by atoms with Gasteiger partial charge in [0.05, 0.1) is 12.0 Å². The standard InChI is InChI=1S/C13H19NO4S/c1-4-10(2)12(13(15)18-3)14-19(16,17)11-8-6-5-7-9-11/h5-10,12,14H,4H2,1-3H3/t10-,12+/m1/s1. The molecule has 1 rings (SSSR count). The molecule has 2 atom stereocenters. The summed E-state index contributed by atoms with van der Waals surface area (Å²) in [6, 6.07) is 7.07. The van der Waals surface area contributed by atoms with Crippen molar-refractivity contribution in [2.24, 2.45) is 5.92 Å². The molecule has 6 heteroatoms. The summed E-state index contributed by atoms with van der Waals surface area (Å²) < 4.78 is 31.4. The van der Waals surface area contributed by atoms with Crippen LogP contribution in [-0.2, 0) is 19.6 Å². The van der Waals surface area contributed by atoms with E-state index < -0.39 is 22.0 Å². The molecule has 0 aromatic heterocycles. The summed E-state index contributed by atoms with van der Waals surface area (Å²) in [7, 11) is -2.48. The predicted molar refractivity (Wildman–Crippen MR) is 72.0 cm³/mol. The van der Waals surface area contributed by atoms with E-state index >= 15 is 0 Å². The average Bonchev–Trinajstić information content (AvgIpc) is 2.44. The van der Waals surface area contributed by atoms with Crippen LogP contribution in [0.5, 0.6) is 0 Å². The van der Waals surface area contributed by atoms with Gasteiger partial charge in [-0.1, -0.05) is 38.5 Å². The van der Waals surface area contributed by atoms with E-state index in [9.17, 15) is 13.2 Å². The molecule has 0 bridgehead atoms. The minimum Gasteiger partial charge on any atom is -0.468 e. The summed E-state index contributed by atoms with van der Waals surface area (Å²) in [5.74, 6) is -0.722. The molecule has 19 heavy (non-hydrogen) atoms. The van der Waals surface area contributed by atoms with E-state index in [1.807, 2.05) is 6.92 Å². The Balaban J connectivity index is 2.99. The van der Waals surface area contributed by atoms with Gasteiger partial charge < -0.3 is 4.74 Å². The highest BCUT2D eigenvalue weighted by Gasteiger charge is 2.30. The summed E-state index contributed by atoms with van der Waals surface area (Å²) in [5, 5.41) is 0. The predicted octanol–water partition coefficient (Wildman–Crippen LogP) is 1.55. The second-order valence-corrected chi connectivity index (χ2v) is 6.03. The van der Waals surface area contributed by atoms with Crippen LogP contribution in [0.2, 0.25) is 0 Å². The molecule has 0 fully saturated rings. The van der Waals surface area contributed by atoms with Crippen molar-refractivity contribution in [3.63, 3.8) is 0 Å². The number of hydrogen-bond acceptors (Lipinski definition) is 4. The Morgan fingerprint density at radius 1 is 1.32 bits per heavy atom. The molecule has 0 spiro atoms. The molecule has 0 aliphatic carbocycles. The van der Waals surface area contributed by atoms with Gasteiger partial charge in [0.25, 0.3) is 0 Å². The zero-order chi connectivity index (χ0) is 14.5. The molecule has 1 N–H and O–H groups in total. The van der Waals surface area contributed by atoms with Crippen molar-refractivity contribution in [2.75, 3.05) is 7.11 Å². The third-order valence-electron chi connectivity index (χ3n) is 3.00. The van der Waals surface area contributed by atoms with Crippen molar-refractivity contribution in [1.82, 2.24) is 4.72 Å². The lowest BCUT2D eigenvalue weighted by molar-refractivity contribution is -0.143. The molecule has 0 heterocycles. The smallest absolute Gasteiger partial charge is 0.324 e. The number of methoxy groups -OCH3 is 1. The fraction of sp³-hybridized carbons (Fsp3) is 0.462. The van der Waals surface area contributed by atoms with Gasteiger partial charge in [0.1, 0.15) is 6.04 Å². The number of carbonyl (C=O) groups is 1. The summed E-state index contributed by atoms with van der Waals surface area (Å²) in [6.07, 6.45) is 0.664. The topological polar surface area (TPSA) is 72.5 Å². The van der Waals surface area contributed by atoms with Crippen molar-refractivity contribution in [2.45, 2.75) is 31.2 Å². The second kappa shape index (κ2) is 6.68. The molecule has 0 amide bonds. The van der Waals surface area contributed by atoms with Gasteiger partial charge in [0.2, 0.25) is 10.0 Å². The highest BCUT2D eigenvalue weighted by atomic mass is 32.2. The normalized spacial score (nSPS) is 14.7. The first kappa shape index (κ1) is 15.7. The monoisotopic (exact) mass is 285 g/mol. The summed E-state index contributed by atoms with van der Waals surface area (Å²) in [4.78, 5) is 11.8. The summed E-state index contributed by atoms with van der Waals surface area (Å²) >= 11 is 0. The van der Waals surface area contributed by atoms with Gasteiger partial charge in [0, 0.05) is 0 Å². The van der Waals surface area contributed by atoms with E-state index in [0.717, 1.165) is 0 Å². The molecule has 1 aromatic carbocycles. The number of sulfonamides is 1. The Labute approximate surface area is 114 Å². The van der Waals surface area contributed by atoms with Crippen LogP contribution in [0, 0.1) is 5.92 Å². The molecule has 0 aliphatic heterocycles. The Morgan fingerprint density at radius 2 is 1.89 bits per heavy atom. The van der Waals surface area contributed by atoms with Crippen LogP contribution in [0.25, 0.3) is 0 Å². The highest BCUT2D eigenvalue weighted by Crippen LogP contribution is 2.14. The van der Waals surface area contributed by atoms with Gasteiger partial charge in [-0.2, -0.15) is 4.72 Å². The number of benzene rings is 1.